The molecule has 0 spiro atoms. The number of hydrogen-bond donors (Lipinski definition) is 1. The maximum Gasteiger partial charge on any atom is 0.226 e. The first kappa shape index (κ1) is 14.0. The molecule has 3 unspecified atom stereocenters. The molecule has 0 amide bonds. The van der Waals surface area contributed by atoms with E-state index in [0.717, 1.165) is 44.3 Å². The Morgan fingerprint density at radius 2 is 2.15 bits per heavy atom. The monoisotopic (exact) mass is 279 g/mol. The SMILES string of the molecule is CCNC1CCCCC1Cc1nc(C2CCOC2)no1. The summed E-state index contributed by atoms with van der Waals surface area (Å²) in [7, 11) is 0. The van der Waals surface area contributed by atoms with Crippen molar-refractivity contribution in [2.24, 2.45) is 5.92 Å². The zero-order valence-electron chi connectivity index (χ0n) is 12.3. The van der Waals surface area contributed by atoms with E-state index in [1.165, 1.54) is 25.7 Å². The molecule has 5 heteroatoms. The molecule has 1 saturated carbocycles. The summed E-state index contributed by atoms with van der Waals surface area (Å²) >= 11 is 0. The molecule has 1 N–H and O–H groups in total. The lowest BCUT2D eigenvalue weighted by molar-refractivity contribution is 0.192. The van der Waals surface area contributed by atoms with Gasteiger partial charge in [-0.25, -0.2) is 0 Å². The van der Waals surface area contributed by atoms with Crippen LogP contribution in [0.2, 0.25) is 0 Å². The average molecular weight is 279 g/mol. The molecule has 0 aromatic carbocycles. The molecule has 1 aromatic heterocycles. The number of hydrogen-bond acceptors (Lipinski definition) is 5. The summed E-state index contributed by atoms with van der Waals surface area (Å²) in [6.07, 6.45) is 7.13. The van der Waals surface area contributed by atoms with Crippen LogP contribution in [0.15, 0.2) is 4.52 Å². The van der Waals surface area contributed by atoms with E-state index in [4.69, 9.17) is 9.26 Å². The van der Waals surface area contributed by atoms with Crippen molar-refractivity contribution in [1.29, 1.82) is 0 Å². The van der Waals surface area contributed by atoms with Crippen LogP contribution in [0.3, 0.4) is 0 Å². The molecule has 0 radical (unpaired) electrons. The Hall–Kier alpha value is -0.940. The normalized spacial score (nSPS) is 30.8. The molecule has 1 aliphatic heterocycles. The third-order valence-electron chi connectivity index (χ3n) is 4.59. The fourth-order valence-corrected chi connectivity index (χ4v) is 3.46. The Morgan fingerprint density at radius 1 is 1.25 bits per heavy atom. The number of nitrogens with one attached hydrogen (secondary N) is 1. The number of rotatable bonds is 5. The zero-order chi connectivity index (χ0) is 13.8. The third kappa shape index (κ3) is 3.20. The molecule has 1 saturated heterocycles. The number of nitrogens with zero attached hydrogens (tertiary/aromatic N) is 2. The molecule has 1 aliphatic carbocycles. The van der Waals surface area contributed by atoms with Crippen LogP contribution in [0.4, 0.5) is 0 Å². The van der Waals surface area contributed by atoms with Gasteiger partial charge < -0.3 is 14.6 Å². The van der Waals surface area contributed by atoms with Crippen LogP contribution in [-0.2, 0) is 11.2 Å². The van der Waals surface area contributed by atoms with E-state index in [0.29, 0.717) is 17.9 Å². The first-order chi connectivity index (χ1) is 9.86. The van der Waals surface area contributed by atoms with Gasteiger partial charge in [0.1, 0.15) is 0 Å². The summed E-state index contributed by atoms with van der Waals surface area (Å²) < 4.78 is 10.8. The lowest BCUT2D eigenvalue weighted by atomic mass is 9.82. The highest BCUT2D eigenvalue weighted by molar-refractivity contribution is 4.99. The van der Waals surface area contributed by atoms with Crippen LogP contribution < -0.4 is 5.32 Å². The summed E-state index contributed by atoms with van der Waals surface area (Å²) in [6, 6.07) is 0.610. The summed E-state index contributed by atoms with van der Waals surface area (Å²) in [5.74, 6) is 2.62. The molecular formula is C15H25N3O2. The maximum absolute atomic E-state index is 5.46. The van der Waals surface area contributed by atoms with E-state index in [2.05, 4.69) is 22.4 Å². The van der Waals surface area contributed by atoms with Gasteiger partial charge in [0.15, 0.2) is 5.82 Å². The van der Waals surface area contributed by atoms with Crippen LogP contribution in [0.25, 0.3) is 0 Å². The van der Waals surface area contributed by atoms with E-state index in [-0.39, 0.29) is 0 Å². The number of ether oxygens (including phenoxy) is 1. The topological polar surface area (TPSA) is 60.2 Å². The second kappa shape index (κ2) is 6.68. The Morgan fingerprint density at radius 3 is 2.95 bits per heavy atom. The second-order valence-corrected chi connectivity index (χ2v) is 6.02. The number of aromatic nitrogens is 2. The van der Waals surface area contributed by atoms with E-state index in [9.17, 15) is 0 Å². The van der Waals surface area contributed by atoms with Gasteiger partial charge in [-0.05, 0) is 31.7 Å². The van der Waals surface area contributed by atoms with Crippen LogP contribution in [0.1, 0.15) is 56.7 Å². The van der Waals surface area contributed by atoms with Crippen molar-refractivity contribution in [3.8, 4) is 0 Å². The quantitative estimate of drug-likeness (QED) is 0.896. The lowest BCUT2D eigenvalue weighted by Crippen LogP contribution is -2.39. The molecular weight excluding hydrogens is 254 g/mol. The van der Waals surface area contributed by atoms with Crippen molar-refractivity contribution >= 4 is 0 Å². The van der Waals surface area contributed by atoms with E-state index in [1.807, 2.05) is 0 Å². The fraction of sp³-hybridized carbons (Fsp3) is 0.867. The third-order valence-corrected chi connectivity index (χ3v) is 4.59. The lowest BCUT2D eigenvalue weighted by Gasteiger charge is -2.31. The molecule has 2 fully saturated rings. The van der Waals surface area contributed by atoms with Gasteiger partial charge in [0.2, 0.25) is 5.89 Å². The highest BCUT2D eigenvalue weighted by Crippen LogP contribution is 2.28. The van der Waals surface area contributed by atoms with Crippen LogP contribution >= 0.6 is 0 Å². The molecule has 20 heavy (non-hydrogen) atoms. The van der Waals surface area contributed by atoms with E-state index in [1.54, 1.807) is 0 Å². The van der Waals surface area contributed by atoms with Crippen molar-refractivity contribution in [3.05, 3.63) is 11.7 Å². The molecule has 2 heterocycles. The van der Waals surface area contributed by atoms with Gasteiger partial charge >= 0.3 is 0 Å². The zero-order valence-corrected chi connectivity index (χ0v) is 12.3. The minimum atomic E-state index is 0.336. The standard InChI is InChI=1S/C15H25N3O2/c1-2-16-13-6-4-3-5-11(13)9-14-17-15(18-20-14)12-7-8-19-10-12/h11-13,16H,2-10H2,1H3. The van der Waals surface area contributed by atoms with Gasteiger partial charge in [0.25, 0.3) is 0 Å². The Labute approximate surface area is 120 Å². The molecule has 112 valence electrons. The molecule has 5 nitrogen and oxygen atoms in total. The minimum Gasteiger partial charge on any atom is -0.381 e. The highest BCUT2D eigenvalue weighted by Gasteiger charge is 2.28. The first-order valence-corrected chi connectivity index (χ1v) is 8.00. The smallest absolute Gasteiger partial charge is 0.226 e. The maximum atomic E-state index is 5.46. The summed E-state index contributed by atoms with van der Waals surface area (Å²) in [4.78, 5) is 4.60. The summed E-state index contributed by atoms with van der Waals surface area (Å²) in [5.41, 5.74) is 0. The van der Waals surface area contributed by atoms with Crippen molar-refractivity contribution in [1.82, 2.24) is 15.5 Å². The Balaban J connectivity index is 1.61. The van der Waals surface area contributed by atoms with Gasteiger partial charge in [-0.15, -0.1) is 0 Å². The van der Waals surface area contributed by atoms with Gasteiger partial charge in [-0.2, -0.15) is 4.98 Å². The second-order valence-electron chi connectivity index (χ2n) is 6.02. The van der Waals surface area contributed by atoms with Crippen LogP contribution in [0.5, 0.6) is 0 Å². The molecule has 2 aliphatic rings. The minimum absolute atomic E-state index is 0.336. The van der Waals surface area contributed by atoms with Crippen LogP contribution in [-0.4, -0.2) is 35.9 Å². The van der Waals surface area contributed by atoms with Crippen molar-refractivity contribution < 1.29 is 9.26 Å². The fourth-order valence-electron chi connectivity index (χ4n) is 3.46. The predicted octanol–water partition coefficient (Wildman–Crippen LogP) is 2.28. The predicted molar refractivity (Wildman–Crippen MR) is 75.6 cm³/mol. The van der Waals surface area contributed by atoms with E-state index < -0.39 is 0 Å². The van der Waals surface area contributed by atoms with Gasteiger partial charge in [-0.1, -0.05) is 24.9 Å². The van der Waals surface area contributed by atoms with Gasteiger partial charge in [0, 0.05) is 25.0 Å². The van der Waals surface area contributed by atoms with Crippen LogP contribution in [0, 0.1) is 5.92 Å². The van der Waals surface area contributed by atoms with Crippen molar-refractivity contribution in [2.75, 3.05) is 19.8 Å². The molecule has 0 bridgehead atoms. The molecule has 3 atom stereocenters. The van der Waals surface area contributed by atoms with Crippen molar-refractivity contribution in [2.45, 2.75) is 57.4 Å². The molecule has 3 rings (SSSR count). The summed E-state index contributed by atoms with van der Waals surface area (Å²) in [5, 5.41) is 7.76. The van der Waals surface area contributed by atoms with E-state index >= 15 is 0 Å². The highest BCUT2D eigenvalue weighted by atomic mass is 16.5. The Kier molecular flexibility index (Phi) is 4.68. The Bertz CT molecular complexity index is 413. The average Bonchev–Trinajstić information content (AvgIpc) is 3.12. The first-order valence-electron chi connectivity index (χ1n) is 8.00. The van der Waals surface area contributed by atoms with Crippen molar-refractivity contribution in [3.63, 3.8) is 0 Å². The van der Waals surface area contributed by atoms with Gasteiger partial charge in [0.05, 0.1) is 6.61 Å². The molecule has 1 aromatic rings. The summed E-state index contributed by atoms with van der Waals surface area (Å²) in [6.45, 7) is 4.77. The largest absolute Gasteiger partial charge is 0.381 e. The van der Waals surface area contributed by atoms with Gasteiger partial charge in [-0.3, -0.25) is 0 Å².